The van der Waals surface area contributed by atoms with Gasteiger partial charge in [-0.25, -0.2) is 19.1 Å². The van der Waals surface area contributed by atoms with Crippen molar-refractivity contribution in [3.8, 4) is 5.95 Å². The summed E-state index contributed by atoms with van der Waals surface area (Å²) >= 11 is 0. The Labute approximate surface area is 178 Å². The van der Waals surface area contributed by atoms with E-state index in [2.05, 4.69) is 20.2 Å². The minimum atomic E-state index is -4.45. The summed E-state index contributed by atoms with van der Waals surface area (Å²) in [6, 6.07) is 4.21. The molecule has 166 valence electrons. The Hall–Kier alpha value is -3.96. The van der Waals surface area contributed by atoms with Crippen molar-refractivity contribution in [3.63, 3.8) is 0 Å². The second kappa shape index (κ2) is 7.62. The van der Waals surface area contributed by atoms with Crippen LogP contribution in [0.2, 0.25) is 0 Å². The number of aromatic amines is 1. The number of aromatic carboxylic acids is 1. The number of alkyl halides is 3. The fourth-order valence-corrected chi connectivity index (χ4v) is 3.50. The number of halogens is 3. The first-order chi connectivity index (χ1) is 15.1. The van der Waals surface area contributed by atoms with Gasteiger partial charge in [-0.05, 0) is 23.6 Å². The summed E-state index contributed by atoms with van der Waals surface area (Å²) in [6.45, 7) is 3.73. The van der Waals surface area contributed by atoms with Crippen LogP contribution in [-0.4, -0.2) is 40.6 Å². The van der Waals surface area contributed by atoms with E-state index in [0.717, 1.165) is 23.0 Å². The van der Waals surface area contributed by atoms with Crippen molar-refractivity contribution in [1.29, 1.82) is 0 Å². The first-order valence-corrected chi connectivity index (χ1v) is 9.49. The normalized spacial score (nSPS) is 13.1. The molecule has 1 aromatic carbocycles. The van der Waals surface area contributed by atoms with Gasteiger partial charge >= 0.3 is 12.1 Å². The molecule has 0 aliphatic rings. The first-order valence-electron chi connectivity index (χ1n) is 9.49. The summed E-state index contributed by atoms with van der Waals surface area (Å²) in [5.41, 5.74) is -0.470. The van der Waals surface area contributed by atoms with E-state index in [-0.39, 0.29) is 28.5 Å². The number of benzene rings is 1. The van der Waals surface area contributed by atoms with Crippen LogP contribution in [0.4, 0.5) is 13.2 Å². The Bertz CT molecular complexity index is 1350. The molecule has 0 spiro atoms. The van der Waals surface area contributed by atoms with Gasteiger partial charge in [0.25, 0.3) is 5.56 Å². The van der Waals surface area contributed by atoms with Gasteiger partial charge in [-0.2, -0.15) is 23.4 Å². The van der Waals surface area contributed by atoms with Crippen molar-refractivity contribution in [2.75, 3.05) is 0 Å². The fourth-order valence-electron chi connectivity index (χ4n) is 3.50. The molecule has 0 amide bonds. The number of aromatic nitrogens is 6. The molecule has 0 bridgehead atoms. The molecule has 0 saturated carbocycles. The average Bonchev–Trinajstić information content (AvgIpc) is 3.36. The van der Waals surface area contributed by atoms with Crippen molar-refractivity contribution < 1.29 is 23.1 Å². The lowest BCUT2D eigenvalue weighted by molar-refractivity contribution is -0.137. The van der Waals surface area contributed by atoms with Crippen molar-refractivity contribution >= 4 is 17.0 Å². The monoisotopic (exact) mass is 446 g/mol. The summed E-state index contributed by atoms with van der Waals surface area (Å²) in [6.07, 6.45) is -0.755. The fraction of sp³-hybridized carbons (Fsp3) is 0.250. The van der Waals surface area contributed by atoms with Gasteiger partial charge < -0.3 is 5.11 Å². The highest BCUT2D eigenvalue weighted by Crippen LogP contribution is 2.33. The molecule has 0 aliphatic carbocycles. The Morgan fingerprint density at radius 1 is 1.12 bits per heavy atom. The first kappa shape index (κ1) is 21.3. The third kappa shape index (κ3) is 3.74. The van der Waals surface area contributed by atoms with Crippen LogP contribution in [-0.2, 0) is 6.18 Å². The molecule has 0 aliphatic heterocycles. The van der Waals surface area contributed by atoms with Gasteiger partial charge in [-0.1, -0.05) is 26.0 Å². The van der Waals surface area contributed by atoms with Crippen LogP contribution in [0.1, 0.15) is 41.4 Å². The molecular formula is C20H17F3N6O3. The maximum absolute atomic E-state index is 12.9. The predicted molar refractivity (Wildman–Crippen MR) is 107 cm³/mol. The number of carbonyl (C=O) groups is 1. The average molecular weight is 446 g/mol. The van der Waals surface area contributed by atoms with Gasteiger partial charge in [0, 0.05) is 6.20 Å². The Morgan fingerprint density at radius 3 is 2.38 bits per heavy atom. The maximum atomic E-state index is 12.9. The van der Waals surface area contributed by atoms with Crippen LogP contribution in [0.3, 0.4) is 0 Å². The highest BCUT2D eigenvalue weighted by atomic mass is 19.4. The highest BCUT2D eigenvalue weighted by molar-refractivity contribution is 5.87. The minimum absolute atomic E-state index is 0.00479. The van der Waals surface area contributed by atoms with Gasteiger partial charge in [0.05, 0.1) is 29.6 Å². The van der Waals surface area contributed by atoms with E-state index >= 15 is 0 Å². The zero-order valence-electron chi connectivity index (χ0n) is 16.8. The summed E-state index contributed by atoms with van der Waals surface area (Å²) in [7, 11) is 0. The van der Waals surface area contributed by atoms with Crippen LogP contribution in [0.5, 0.6) is 0 Å². The lowest BCUT2D eigenvalue weighted by Gasteiger charge is -2.23. The van der Waals surface area contributed by atoms with Crippen LogP contribution in [0.15, 0.2) is 47.7 Å². The van der Waals surface area contributed by atoms with E-state index in [0.29, 0.717) is 5.56 Å². The molecule has 2 N–H and O–H groups in total. The molecular weight excluding hydrogens is 429 g/mol. The largest absolute Gasteiger partial charge is 0.478 e. The van der Waals surface area contributed by atoms with Crippen molar-refractivity contribution in [2.45, 2.75) is 26.1 Å². The second-order valence-corrected chi connectivity index (χ2v) is 7.50. The number of rotatable bonds is 5. The van der Waals surface area contributed by atoms with Crippen LogP contribution in [0, 0.1) is 5.92 Å². The third-order valence-electron chi connectivity index (χ3n) is 4.96. The van der Waals surface area contributed by atoms with E-state index in [1.165, 1.54) is 29.2 Å². The van der Waals surface area contributed by atoms with Crippen molar-refractivity contribution in [2.24, 2.45) is 5.92 Å². The van der Waals surface area contributed by atoms with E-state index in [1.807, 2.05) is 13.8 Å². The molecule has 32 heavy (non-hydrogen) atoms. The number of carboxylic acid groups (broad SMARTS) is 1. The number of nitrogens with zero attached hydrogens (tertiary/aromatic N) is 5. The third-order valence-corrected chi connectivity index (χ3v) is 4.96. The smallest absolute Gasteiger partial charge is 0.416 e. The van der Waals surface area contributed by atoms with Gasteiger partial charge in [0.2, 0.25) is 5.95 Å². The number of carboxylic acids is 1. The van der Waals surface area contributed by atoms with Gasteiger partial charge in [0.15, 0.2) is 5.52 Å². The van der Waals surface area contributed by atoms with Gasteiger partial charge in [-0.15, -0.1) is 0 Å². The van der Waals surface area contributed by atoms with Crippen molar-refractivity contribution in [3.05, 3.63) is 69.9 Å². The number of hydrogen-bond acceptors (Lipinski definition) is 5. The van der Waals surface area contributed by atoms with Gasteiger partial charge in [-0.3, -0.25) is 9.78 Å². The molecule has 1 unspecified atom stereocenters. The summed E-state index contributed by atoms with van der Waals surface area (Å²) in [4.78, 5) is 30.8. The van der Waals surface area contributed by atoms with Crippen LogP contribution in [0.25, 0.3) is 17.0 Å². The van der Waals surface area contributed by atoms with E-state index in [4.69, 9.17) is 5.11 Å². The zero-order valence-corrected chi connectivity index (χ0v) is 16.8. The number of fused-ring (bicyclic) bond motifs is 1. The topological polar surface area (TPSA) is 119 Å². The Morgan fingerprint density at radius 2 is 1.81 bits per heavy atom. The van der Waals surface area contributed by atoms with Crippen LogP contribution >= 0.6 is 0 Å². The molecule has 0 fully saturated rings. The summed E-state index contributed by atoms with van der Waals surface area (Å²) in [5.74, 6) is -1.29. The van der Waals surface area contributed by atoms with Crippen molar-refractivity contribution in [1.82, 2.24) is 29.5 Å². The molecule has 9 nitrogen and oxygen atoms in total. The van der Waals surface area contributed by atoms with E-state index in [9.17, 15) is 22.8 Å². The van der Waals surface area contributed by atoms with E-state index < -0.39 is 29.3 Å². The number of hydrogen-bond donors (Lipinski definition) is 2. The van der Waals surface area contributed by atoms with E-state index in [1.54, 1.807) is 0 Å². The highest BCUT2D eigenvalue weighted by Gasteiger charge is 2.31. The molecule has 4 aromatic rings. The molecule has 3 aromatic heterocycles. The maximum Gasteiger partial charge on any atom is 0.416 e. The summed E-state index contributed by atoms with van der Waals surface area (Å²) in [5, 5.41) is 17.2. The molecule has 12 heteroatoms. The molecule has 0 saturated heterocycles. The molecule has 0 radical (unpaired) electrons. The van der Waals surface area contributed by atoms with Gasteiger partial charge in [0.1, 0.15) is 5.52 Å². The lowest BCUT2D eigenvalue weighted by Crippen LogP contribution is -2.23. The second-order valence-electron chi connectivity index (χ2n) is 7.50. The molecule has 3 heterocycles. The Balaban J connectivity index is 1.79. The Kier molecular flexibility index (Phi) is 5.07. The standard InChI is InChI=1S/C20H17F3N6O3/c1-10(2)15(11-3-5-13(6-4-11)20(21,22)23)29-16-14(8-25-29)26-19(27-17(16)30)28-9-12(7-24-28)18(31)32/h3-10,15H,1-2H3,(H,31,32)(H,26,27,30). The molecule has 4 rings (SSSR count). The molecule has 1 atom stereocenters. The minimum Gasteiger partial charge on any atom is -0.478 e. The predicted octanol–water partition coefficient (Wildman–Crippen LogP) is 3.27. The lowest BCUT2D eigenvalue weighted by atomic mass is 9.95. The number of H-pyrrole nitrogens is 1. The SMILES string of the molecule is CC(C)C(c1ccc(C(F)(F)F)cc1)n1ncc2nc(-n3cc(C(=O)O)cn3)[nH]c(=O)c21. The number of nitrogens with one attached hydrogen (secondary N) is 1. The zero-order chi connectivity index (χ0) is 23.2. The van der Waals surface area contributed by atoms with Crippen LogP contribution < -0.4 is 5.56 Å². The summed E-state index contributed by atoms with van der Waals surface area (Å²) < 4.78 is 41.3. The quantitative estimate of drug-likeness (QED) is 0.486.